The molecule has 0 amide bonds. The molecule has 1 aromatic carbocycles. The zero-order chi connectivity index (χ0) is 18.8. The zero-order valence-corrected chi connectivity index (χ0v) is 15.4. The Morgan fingerprint density at radius 2 is 1.85 bits per heavy atom. The maximum Gasteiger partial charge on any atom is 0.327 e. The van der Waals surface area contributed by atoms with Gasteiger partial charge in [-0.2, -0.15) is 0 Å². The number of hydrogen-bond acceptors (Lipinski definition) is 9. The first kappa shape index (κ1) is 18.1. The third kappa shape index (κ3) is 3.08. The highest BCUT2D eigenvalue weighted by Gasteiger charge is 2.23. The van der Waals surface area contributed by atoms with Gasteiger partial charge in [0.25, 0.3) is 11.8 Å². The number of esters is 1. The van der Waals surface area contributed by atoms with Crippen molar-refractivity contribution in [2.75, 3.05) is 21.3 Å². The standard InChI is InChI=1S/C14H12Cl2N6O4/c1-24-8(23)5-22-12(19-20-21-22)9-10(16)6(15)4-7-11(9)18-14(26-3)13(17-7)25-2/h4H,5H2,1-3H3. The summed E-state index contributed by atoms with van der Waals surface area (Å²) < 4.78 is 16.2. The van der Waals surface area contributed by atoms with Crippen LogP contribution in [0, 0.1) is 0 Å². The smallest absolute Gasteiger partial charge is 0.327 e. The first-order chi connectivity index (χ1) is 12.5. The van der Waals surface area contributed by atoms with Crippen molar-refractivity contribution < 1.29 is 19.0 Å². The fourth-order valence-corrected chi connectivity index (χ4v) is 2.68. The van der Waals surface area contributed by atoms with E-state index in [1.165, 1.54) is 32.1 Å². The summed E-state index contributed by atoms with van der Waals surface area (Å²) in [7, 11) is 4.13. The number of methoxy groups -OCH3 is 3. The number of ether oxygens (including phenoxy) is 3. The van der Waals surface area contributed by atoms with E-state index in [1.807, 2.05) is 0 Å². The van der Waals surface area contributed by atoms with E-state index in [0.717, 1.165) is 0 Å². The fourth-order valence-electron chi connectivity index (χ4n) is 2.26. The molecule has 0 aliphatic rings. The Morgan fingerprint density at radius 3 is 2.50 bits per heavy atom. The van der Waals surface area contributed by atoms with Crippen molar-refractivity contribution in [3.8, 4) is 23.1 Å². The minimum absolute atomic E-state index is 0.145. The van der Waals surface area contributed by atoms with Gasteiger partial charge in [0.1, 0.15) is 12.1 Å². The minimum Gasteiger partial charge on any atom is -0.477 e. The fraction of sp³-hybridized carbons (Fsp3) is 0.286. The van der Waals surface area contributed by atoms with Crippen molar-refractivity contribution >= 4 is 40.2 Å². The topological polar surface area (TPSA) is 114 Å². The lowest BCUT2D eigenvalue weighted by molar-refractivity contribution is -0.141. The van der Waals surface area contributed by atoms with Crippen LogP contribution in [0.25, 0.3) is 22.4 Å². The number of halogens is 2. The van der Waals surface area contributed by atoms with E-state index in [1.54, 1.807) is 0 Å². The van der Waals surface area contributed by atoms with Crippen molar-refractivity contribution in [1.29, 1.82) is 0 Å². The predicted molar refractivity (Wildman–Crippen MR) is 91.5 cm³/mol. The Hall–Kier alpha value is -2.72. The number of aromatic nitrogens is 6. The SMILES string of the molecule is COC(=O)Cn1nnnc1-c1c(Cl)c(Cl)cc2nc(OC)c(OC)nc12. The summed E-state index contributed by atoms with van der Waals surface area (Å²) in [5.41, 5.74) is 1.02. The highest BCUT2D eigenvalue weighted by atomic mass is 35.5. The highest BCUT2D eigenvalue weighted by molar-refractivity contribution is 6.45. The van der Waals surface area contributed by atoms with Crippen LogP contribution in [0.4, 0.5) is 0 Å². The summed E-state index contributed by atoms with van der Waals surface area (Å²) in [4.78, 5) is 20.3. The molecule has 0 N–H and O–H groups in total. The lowest BCUT2D eigenvalue weighted by Crippen LogP contribution is -2.14. The van der Waals surface area contributed by atoms with Gasteiger partial charge in [0.2, 0.25) is 0 Å². The molecule has 136 valence electrons. The van der Waals surface area contributed by atoms with E-state index < -0.39 is 5.97 Å². The molecule has 12 heteroatoms. The Kier molecular flexibility index (Phi) is 5.05. The molecule has 3 aromatic rings. The second-order valence-electron chi connectivity index (χ2n) is 4.89. The van der Waals surface area contributed by atoms with Crippen molar-refractivity contribution in [1.82, 2.24) is 30.2 Å². The average Bonchev–Trinajstić information content (AvgIpc) is 3.09. The summed E-state index contributed by atoms with van der Waals surface area (Å²) >= 11 is 12.6. The van der Waals surface area contributed by atoms with Crippen molar-refractivity contribution in [2.24, 2.45) is 0 Å². The Morgan fingerprint density at radius 1 is 1.15 bits per heavy atom. The Balaban J connectivity index is 2.30. The summed E-state index contributed by atoms with van der Waals surface area (Å²) in [6.45, 7) is -0.218. The Bertz CT molecular complexity index is 993. The molecule has 0 saturated carbocycles. The lowest BCUT2D eigenvalue weighted by Gasteiger charge is -2.12. The van der Waals surface area contributed by atoms with Crippen LogP contribution in [0.5, 0.6) is 11.8 Å². The molecule has 0 bridgehead atoms. The monoisotopic (exact) mass is 398 g/mol. The third-order valence-electron chi connectivity index (χ3n) is 3.44. The molecule has 0 saturated heterocycles. The van der Waals surface area contributed by atoms with Crippen LogP contribution in [0.15, 0.2) is 6.07 Å². The average molecular weight is 399 g/mol. The summed E-state index contributed by atoms with van der Waals surface area (Å²) in [6.07, 6.45) is 0. The van der Waals surface area contributed by atoms with E-state index in [0.29, 0.717) is 16.6 Å². The number of fused-ring (bicyclic) bond motifs is 1. The maximum absolute atomic E-state index is 11.6. The summed E-state index contributed by atoms with van der Waals surface area (Å²) in [5, 5.41) is 11.7. The molecule has 3 rings (SSSR count). The summed E-state index contributed by atoms with van der Waals surface area (Å²) in [5.74, 6) is -0.0362. The van der Waals surface area contributed by atoms with E-state index >= 15 is 0 Å². The van der Waals surface area contributed by atoms with Gasteiger partial charge in [-0.1, -0.05) is 23.2 Å². The van der Waals surface area contributed by atoms with E-state index in [-0.39, 0.29) is 34.2 Å². The van der Waals surface area contributed by atoms with Crippen LogP contribution in [-0.2, 0) is 16.1 Å². The second kappa shape index (κ2) is 7.26. The zero-order valence-electron chi connectivity index (χ0n) is 13.9. The van der Waals surface area contributed by atoms with E-state index in [9.17, 15) is 4.79 Å². The number of rotatable bonds is 5. The number of benzene rings is 1. The quantitative estimate of drug-likeness (QED) is 0.592. The third-order valence-corrected chi connectivity index (χ3v) is 4.23. The molecular formula is C14H12Cl2N6O4. The van der Waals surface area contributed by atoms with Crippen molar-refractivity contribution in [2.45, 2.75) is 6.54 Å². The second-order valence-corrected chi connectivity index (χ2v) is 5.68. The van der Waals surface area contributed by atoms with Gasteiger partial charge in [0.15, 0.2) is 5.82 Å². The van der Waals surface area contributed by atoms with Gasteiger partial charge in [-0.05, 0) is 16.5 Å². The van der Waals surface area contributed by atoms with Crippen molar-refractivity contribution in [3.05, 3.63) is 16.1 Å². The molecule has 0 spiro atoms. The molecule has 2 heterocycles. The van der Waals surface area contributed by atoms with Crippen LogP contribution in [-0.4, -0.2) is 57.5 Å². The molecule has 0 aliphatic heterocycles. The van der Waals surface area contributed by atoms with Crippen molar-refractivity contribution in [3.63, 3.8) is 0 Å². The minimum atomic E-state index is -0.536. The highest BCUT2D eigenvalue weighted by Crippen LogP contribution is 2.39. The van der Waals surface area contributed by atoms with Gasteiger partial charge in [-0.15, -0.1) is 5.10 Å². The molecule has 0 unspecified atom stereocenters. The van der Waals surface area contributed by atoms with Gasteiger partial charge in [-0.3, -0.25) is 4.79 Å². The number of tetrazole rings is 1. The van der Waals surface area contributed by atoms with Crippen LogP contribution < -0.4 is 9.47 Å². The molecule has 26 heavy (non-hydrogen) atoms. The van der Waals surface area contributed by atoms with E-state index in [2.05, 4.69) is 30.2 Å². The first-order valence-corrected chi connectivity index (χ1v) is 7.86. The molecule has 0 aliphatic carbocycles. The van der Waals surface area contributed by atoms with Gasteiger partial charge >= 0.3 is 5.97 Å². The van der Waals surface area contributed by atoms with Gasteiger partial charge < -0.3 is 14.2 Å². The van der Waals surface area contributed by atoms with Crippen LogP contribution in [0.2, 0.25) is 10.0 Å². The van der Waals surface area contributed by atoms with Crippen LogP contribution >= 0.6 is 23.2 Å². The largest absolute Gasteiger partial charge is 0.477 e. The van der Waals surface area contributed by atoms with Gasteiger partial charge in [0.05, 0.1) is 42.5 Å². The molecule has 0 atom stereocenters. The number of carbonyl (C=O) groups excluding carboxylic acids is 1. The molecule has 0 fully saturated rings. The summed E-state index contributed by atoms with van der Waals surface area (Å²) in [6, 6.07) is 1.53. The number of nitrogens with zero attached hydrogens (tertiary/aromatic N) is 6. The van der Waals surface area contributed by atoms with Gasteiger partial charge in [-0.25, -0.2) is 14.6 Å². The van der Waals surface area contributed by atoms with Crippen LogP contribution in [0.3, 0.4) is 0 Å². The molecule has 0 radical (unpaired) electrons. The first-order valence-electron chi connectivity index (χ1n) is 7.11. The molecule has 2 aromatic heterocycles. The maximum atomic E-state index is 11.6. The normalized spacial score (nSPS) is 10.8. The number of hydrogen-bond donors (Lipinski definition) is 0. The number of carbonyl (C=O) groups is 1. The van der Waals surface area contributed by atoms with Crippen LogP contribution in [0.1, 0.15) is 0 Å². The Labute approximate surface area is 157 Å². The van der Waals surface area contributed by atoms with Gasteiger partial charge in [0, 0.05) is 0 Å². The lowest BCUT2D eigenvalue weighted by atomic mass is 10.1. The molecule has 10 nitrogen and oxygen atoms in total. The van der Waals surface area contributed by atoms with E-state index in [4.69, 9.17) is 32.7 Å². The molecular weight excluding hydrogens is 387 g/mol. The predicted octanol–water partition coefficient (Wildman–Crippen LogP) is 1.78.